The fourth-order valence-electron chi connectivity index (χ4n) is 3.94. The molecule has 208 valence electrons. The zero-order chi connectivity index (χ0) is 28.8. The lowest BCUT2D eigenvalue weighted by molar-refractivity contribution is -0.140. The number of amides is 2. The molecule has 0 spiro atoms. The van der Waals surface area contributed by atoms with Gasteiger partial charge in [0.15, 0.2) is 0 Å². The molecule has 0 radical (unpaired) electrons. The number of hydrogen-bond acceptors (Lipinski definition) is 5. The second-order valence-electron chi connectivity index (χ2n) is 10.4. The number of nitrogens with one attached hydrogen (secondary N) is 1. The number of sulfonamides is 1. The molecule has 0 fully saturated rings. The molecule has 0 aromatic heterocycles. The third-order valence-corrected chi connectivity index (χ3v) is 7.90. The number of methoxy groups -OCH3 is 1. The third kappa shape index (κ3) is 7.83. The monoisotopic (exact) mass is 551 g/mol. The molecule has 3 rings (SSSR count). The second-order valence-corrected chi connectivity index (χ2v) is 12.3. The van der Waals surface area contributed by atoms with E-state index in [-0.39, 0.29) is 17.3 Å². The summed E-state index contributed by atoms with van der Waals surface area (Å²) in [5, 5.41) is 2.92. The van der Waals surface area contributed by atoms with Gasteiger partial charge in [-0.25, -0.2) is 8.42 Å². The van der Waals surface area contributed by atoms with Crippen LogP contribution in [0.2, 0.25) is 0 Å². The van der Waals surface area contributed by atoms with Crippen LogP contribution in [0.25, 0.3) is 0 Å². The summed E-state index contributed by atoms with van der Waals surface area (Å²) in [6.07, 6.45) is 0. The predicted octanol–water partition coefficient (Wildman–Crippen LogP) is 4.53. The van der Waals surface area contributed by atoms with Gasteiger partial charge in [0.1, 0.15) is 18.3 Å². The Kier molecular flexibility index (Phi) is 9.40. The van der Waals surface area contributed by atoms with Crippen molar-refractivity contribution in [1.29, 1.82) is 0 Å². The molecule has 3 aromatic rings. The Balaban J connectivity index is 2.02. The van der Waals surface area contributed by atoms with Crippen molar-refractivity contribution < 1.29 is 22.7 Å². The Bertz CT molecular complexity index is 1370. The van der Waals surface area contributed by atoms with Crippen molar-refractivity contribution in [3.63, 3.8) is 0 Å². The lowest BCUT2D eigenvalue weighted by atomic mass is 10.1. The van der Waals surface area contributed by atoms with Gasteiger partial charge in [0, 0.05) is 12.1 Å². The minimum atomic E-state index is -4.11. The van der Waals surface area contributed by atoms with E-state index in [0.717, 1.165) is 15.4 Å². The maximum Gasteiger partial charge on any atom is 0.264 e. The largest absolute Gasteiger partial charge is 0.497 e. The molecular weight excluding hydrogens is 514 g/mol. The summed E-state index contributed by atoms with van der Waals surface area (Å²) in [5.41, 5.74) is 1.69. The highest BCUT2D eigenvalue weighted by Gasteiger charge is 2.33. The second kappa shape index (κ2) is 12.3. The highest BCUT2D eigenvalue weighted by atomic mass is 32.2. The molecule has 8 nitrogen and oxygen atoms in total. The van der Waals surface area contributed by atoms with E-state index in [4.69, 9.17) is 4.74 Å². The third-order valence-electron chi connectivity index (χ3n) is 6.11. The van der Waals surface area contributed by atoms with Gasteiger partial charge in [0.2, 0.25) is 11.8 Å². The van der Waals surface area contributed by atoms with E-state index >= 15 is 0 Å². The molecule has 0 aliphatic rings. The van der Waals surface area contributed by atoms with Crippen LogP contribution in [-0.2, 0) is 26.2 Å². The van der Waals surface area contributed by atoms with Crippen LogP contribution in [0.15, 0.2) is 83.8 Å². The molecule has 0 heterocycles. The van der Waals surface area contributed by atoms with E-state index < -0.39 is 34.1 Å². The quantitative estimate of drug-likeness (QED) is 0.399. The first-order valence-corrected chi connectivity index (χ1v) is 14.1. The molecule has 9 heteroatoms. The fraction of sp³-hybridized carbons (Fsp3) is 0.333. The smallest absolute Gasteiger partial charge is 0.264 e. The number of carbonyl (C=O) groups is 2. The van der Waals surface area contributed by atoms with Crippen LogP contribution in [0.3, 0.4) is 0 Å². The molecule has 0 aliphatic heterocycles. The normalized spacial score (nSPS) is 12.4. The average Bonchev–Trinajstić information content (AvgIpc) is 2.90. The highest BCUT2D eigenvalue weighted by Crippen LogP contribution is 2.26. The molecular formula is C30H37N3O5S. The number of benzene rings is 3. The first kappa shape index (κ1) is 29.7. The van der Waals surface area contributed by atoms with Crippen molar-refractivity contribution in [2.45, 2.75) is 57.6 Å². The van der Waals surface area contributed by atoms with Gasteiger partial charge < -0.3 is 15.0 Å². The van der Waals surface area contributed by atoms with Gasteiger partial charge in [-0.15, -0.1) is 0 Å². The van der Waals surface area contributed by atoms with Crippen molar-refractivity contribution in [1.82, 2.24) is 10.2 Å². The molecule has 3 aromatic carbocycles. The van der Waals surface area contributed by atoms with E-state index in [1.807, 2.05) is 52.0 Å². The molecule has 0 aliphatic carbocycles. The Hall–Kier alpha value is -3.85. The predicted molar refractivity (Wildman–Crippen MR) is 153 cm³/mol. The van der Waals surface area contributed by atoms with E-state index in [1.165, 1.54) is 24.1 Å². The maximum atomic E-state index is 13.9. The molecule has 0 unspecified atom stereocenters. The first-order chi connectivity index (χ1) is 18.3. The summed E-state index contributed by atoms with van der Waals surface area (Å²) in [6, 6.07) is 21.2. The number of aryl methyl sites for hydroxylation is 1. The Morgan fingerprint density at radius 3 is 2.05 bits per heavy atom. The van der Waals surface area contributed by atoms with Gasteiger partial charge in [-0.3, -0.25) is 13.9 Å². The lowest BCUT2D eigenvalue weighted by Gasteiger charge is -2.33. The standard InChI is InChI=1S/C30H37N3O5S/c1-22-12-14-24(15-13-22)20-32(23(2)29(35)31-30(3,4)5)28(34)21-33(25-16-18-26(38-6)19-17-25)39(36,37)27-10-8-7-9-11-27/h7-19,23H,20-21H2,1-6H3,(H,31,35)/t23-/m1/s1. The van der Waals surface area contributed by atoms with E-state index in [2.05, 4.69) is 5.32 Å². The molecule has 0 bridgehead atoms. The number of hydrogen-bond donors (Lipinski definition) is 1. The summed E-state index contributed by atoms with van der Waals surface area (Å²) in [5.74, 6) is -0.289. The zero-order valence-electron chi connectivity index (χ0n) is 23.3. The molecule has 1 atom stereocenters. The van der Waals surface area contributed by atoms with Crippen LogP contribution in [0.4, 0.5) is 5.69 Å². The summed E-state index contributed by atoms with van der Waals surface area (Å²) in [6.45, 7) is 8.84. The number of anilines is 1. The van der Waals surface area contributed by atoms with E-state index in [1.54, 1.807) is 49.4 Å². The van der Waals surface area contributed by atoms with Crippen LogP contribution in [-0.4, -0.2) is 50.4 Å². The van der Waals surface area contributed by atoms with Gasteiger partial charge in [0.25, 0.3) is 10.0 Å². The number of rotatable bonds is 10. The van der Waals surface area contributed by atoms with Crippen LogP contribution < -0.4 is 14.4 Å². The number of ether oxygens (including phenoxy) is 1. The van der Waals surface area contributed by atoms with E-state index in [9.17, 15) is 18.0 Å². The van der Waals surface area contributed by atoms with Crippen LogP contribution >= 0.6 is 0 Å². The number of nitrogens with zero attached hydrogens (tertiary/aromatic N) is 2. The Labute approximate surface area is 231 Å². The van der Waals surface area contributed by atoms with Gasteiger partial charge in [-0.1, -0.05) is 48.0 Å². The molecule has 1 N–H and O–H groups in total. The van der Waals surface area contributed by atoms with Crippen LogP contribution in [0.5, 0.6) is 5.75 Å². The molecule has 39 heavy (non-hydrogen) atoms. The van der Waals surface area contributed by atoms with E-state index in [0.29, 0.717) is 11.4 Å². The van der Waals surface area contributed by atoms with Crippen molar-refractivity contribution in [3.8, 4) is 5.75 Å². The minimum Gasteiger partial charge on any atom is -0.497 e. The summed E-state index contributed by atoms with van der Waals surface area (Å²) < 4.78 is 33.8. The van der Waals surface area contributed by atoms with Gasteiger partial charge in [0.05, 0.1) is 17.7 Å². The average molecular weight is 552 g/mol. The molecule has 0 saturated carbocycles. The van der Waals surface area contributed by atoms with Crippen molar-refractivity contribution in [2.24, 2.45) is 0 Å². The van der Waals surface area contributed by atoms with Crippen LogP contribution in [0, 0.1) is 6.92 Å². The fourth-order valence-corrected chi connectivity index (χ4v) is 5.38. The summed E-state index contributed by atoms with van der Waals surface area (Å²) in [7, 11) is -2.59. The SMILES string of the molecule is COc1ccc(N(CC(=O)N(Cc2ccc(C)cc2)[C@H](C)C(=O)NC(C)(C)C)S(=O)(=O)c2ccccc2)cc1. The molecule has 0 saturated heterocycles. The van der Waals surface area contributed by atoms with Gasteiger partial charge in [-0.2, -0.15) is 0 Å². The number of carbonyl (C=O) groups excluding carboxylic acids is 2. The Morgan fingerprint density at radius 2 is 1.51 bits per heavy atom. The summed E-state index contributed by atoms with van der Waals surface area (Å²) in [4.78, 5) is 28.5. The Morgan fingerprint density at radius 1 is 0.923 bits per heavy atom. The first-order valence-electron chi connectivity index (χ1n) is 12.7. The maximum absolute atomic E-state index is 13.9. The summed E-state index contributed by atoms with van der Waals surface area (Å²) >= 11 is 0. The van der Waals surface area contributed by atoms with Gasteiger partial charge >= 0.3 is 0 Å². The topological polar surface area (TPSA) is 96.0 Å². The van der Waals surface area contributed by atoms with Crippen LogP contribution in [0.1, 0.15) is 38.8 Å². The zero-order valence-corrected chi connectivity index (χ0v) is 24.2. The van der Waals surface area contributed by atoms with Crippen molar-refractivity contribution in [3.05, 3.63) is 90.0 Å². The van der Waals surface area contributed by atoms with Crippen molar-refractivity contribution in [2.75, 3.05) is 18.0 Å². The lowest BCUT2D eigenvalue weighted by Crippen LogP contribution is -2.54. The highest BCUT2D eigenvalue weighted by molar-refractivity contribution is 7.92. The van der Waals surface area contributed by atoms with Gasteiger partial charge in [-0.05, 0) is 76.6 Å². The van der Waals surface area contributed by atoms with Crippen molar-refractivity contribution >= 4 is 27.5 Å². The minimum absolute atomic E-state index is 0.0530. The molecule has 2 amide bonds.